The van der Waals surface area contributed by atoms with Crippen LogP contribution in [0.25, 0.3) is 0 Å². The molecule has 5 atom stereocenters. The lowest BCUT2D eigenvalue weighted by Crippen LogP contribution is -2.72. The Balaban J connectivity index is 1.74. The van der Waals surface area contributed by atoms with Gasteiger partial charge in [0, 0.05) is 5.92 Å². The predicted molar refractivity (Wildman–Crippen MR) is 81.5 cm³/mol. The lowest BCUT2D eigenvalue weighted by atomic mass is 9.92. The highest BCUT2D eigenvalue weighted by molar-refractivity contribution is 6.11. The first-order valence-corrected chi connectivity index (χ1v) is 7.54. The van der Waals surface area contributed by atoms with Crippen LogP contribution in [0, 0.1) is 5.92 Å². The van der Waals surface area contributed by atoms with Crippen molar-refractivity contribution in [2.45, 2.75) is 31.1 Å². The minimum atomic E-state index is -1.22. The number of rotatable bonds is 4. The van der Waals surface area contributed by atoms with Crippen LogP contribution in [-0.2, 0) is 19.2 Å². The Hall–Kier alpha value is -2.74. The van der Waals surface area contributed by atoms with Crippen molar-refractivity contribution in [3.8, 4) is 0 Å². The van der Waals surface area contributed by atoms with Crippen LogP contribution >= 0.6 is 0 Å². The van der Waals surface area contributed by atoms with Gasteiger partial charge in [0.15, 0.2) is 5.78 Å². The minimum Gasteiger partial charge on any atom is -0.480 e. The third-order valence-corrected chi connectivity index (χ3v) is 4.64. The van der Waals surface area contributed by atoms with Crippen LogP contribution < -0.4 is 11.1 Å². The molecule has 4 N–H and O–H groups in total. The zero-order valence-electron chi connectivity index (χ0n) is 12.9. The van der Waals surface area contributed by atoms with Gasteiger partial charge in [0.05, 0.1) is 0 Å². The summed E-state index contributed by atoms with van der Waals surface area (Å²) in [5.41, 5.74) is 6.45. The van der Waals surface area contributed by atoms with E-state index in [1.54, 1.807) is 30.3 Å². The quantitative estimate of drug-likeness (QED) is 0.610. The van der Waals surface area contributed by atoms with Crippen molar-refractivity contribution in [2.75, 3.05) is 0 Å². The number of hydrogen-bond acceptors (Lipinski definition) is 5. The maximum atomic E-state index is 12.2. The fourth-order valence-corrected chi connectivity index (χ4v) is 3.32. The molecule has 8 heteroatoms. The summed E-state index contributed by atoms with van der Waals surface area (Å²) in [4.78, 5) is 49.0. The molecule has 2 saturated heterocycles. The van der Waals surface area contributed by atoms with E-state index in [-0.39, 0.29) is 5.78 Å². The molecule has 0 aromatic heterocycles. The molecule has 126 valence electrons. The van der Waals surface area contributed by atoms with E-state index in [1.807, 2.05) is 0 Å². The van der Waals surface area contributed by atoms with Gasteiger partial charge in [-0.25, -0.2) is 4.79 Å². The molecule has 8 nitrogen and oxygen atoms in total. The zero-order valence-corrected chi connectivity index (χ0v) is 12.9. The standard InChI is InChI=1S/C16H17N3O5/c1-7-11(16(23)24)19-12(13(7)20)10(15(19)22)18-14(21)9(17)8-5-3-2-4-6-8/h2-7,9-12H,17H2,1H3,(H,18,21)(H,23,24)/t7?,9?,10?,11?,12-/m0/s1. The maximum Gasteiger partial charge on any atom is 0.327 e. The summed E-state index contributed by atoms with van der Waals surface area (Å²) in [5.74, 6) is -3.55. The second kappa shape index (κ2) is 5.72. The zero-order chi connectivity index (χ0) is 17.6. The van der Waals surface area contributed by atoms with Gasteiger partial charge >= 0.3 is 5.97 Å². The van der Waals surface area contributed by atoms with Crippen molar-refractivity contribution in [1.29, 1.82) is 0 Å². The number of aliphatic carboxylic acids is 1. The molecule has 0 radical (unpaired) electrons. The van der Waals surface area contributed by atoms with Crippen LogP contribution in [0.1, 0.15) is 18.5 Å². The third kappa shape index (κ3) is 2.26. The first kappa shape index (κ1) is 16.1. The number of fused-ring (bicyclic) bond motifs is 1. The van der Waals surface area contributed by atoms with Crippen molar-refractivity contribution in [3.63, 3.8) is 0 Å². The average Bonchev–Trinajstić information content (AvgIpc) is 2.81. The lowest BCUT2D eigenvalue weighted by molar-refractivity contribution is -0.162. The normalized spacial score (nSPS) is 29.7. The second-order valence-electron chi connectivity index (χ2n) is 6.04. The molecule has 3 rings (SSSR count). The van der Waals surface area contributed by atoms with Crippen molar-refractivity contribution < 1.29 is 24.3 Å². The van der Waals surface area contributed by atoms with Gasteiger partial charge in [-0.1, -0.05) is 37.3 Å². The first-order chi connectivity index (χ1) is 11.3. The van der Waals surface area contributed by atoms with Gasteiger partial charge in [-0.15, -0.1) is 0 Å². The Labute approximate surface area is 137 Å². The maximum absolute atomic E-state index is 12.2. The van der Waals surface area contributed by atoms with E-state index in [1.165, 1.54) is 6.92 Å². The number of carbonyl (C=O) groups is 4. The Kier molecular flexibility index (Phi) is 3.84. The molecule has 0 aliphatic carbocycles. The Bertz CT molecular complexity index is 720. The summed E-state index contributed by atoms with van der Waals surface area (Å²) in [5, 5.41) is 11.7. The van der Waals surface area contributed by atoms with Crippen LogP contribution in [0.15, 0.2) is 30.3 Å². The van der Waals surface area contributed by atoms with Gasteiger partial charge < -0.3 is 21.1 Å². The van der Waals surface area contributed by atoms with Gasteiger partial charge in [0.2, 0.25) is 11.8 Å². The highest BCUT2D eigenvalue weighted by Gasteiger charge is 2.64. The summed E-state index contributed by atoms with van der Waals surface area (Å²) in [7, 11) is 0. The summed E-state index contributed by atoms with van der Waals surface area (Å²) < 4.78 is 0. The summed E-state index contributed by atoms with van der Waals surface area (Å²) in [6.07, 6.45) is 0. The lowest BCUT2D eigenvalue weighted by Gasteiger charge is -2.43. The monoisotopic (exact) mass is 331 g/mol. The van der Waals surface area contributed by atoms with E-state index < -0.39 is 47.9 Å². The highest BCUT2D eigenvalue weighted by atomic mass is 16.4. The van der Waals surface area contributed by atoms with Crippen LogP contribution in [0.2, 0.25) is 0 Å². The van der Waals surface area contributed by atoms with E-state index in [4.69, 9.17) is 5.73 Å². The third-order valence-electron chi connectivity index (χ3n) is 4.64. The SMILES string of the molecule is CC1C(=O)[C@@H]2C(NC(=O)C(N)c3ccccc3)C(=O)N2C1C(=O)O. The second-order valence-corrected chi connectivity index (χ2v) is 6.04. The van der Waals surface area contributed by atoms with Crippen LogP contribution in [0.4, 0.5) is 0 Å². The number of nitrogens with one attached hydrogen (secondary N) is 1. The fourth-order valence-electron chi connectivity index (χ4n) is 3.32. The fraction of sp³-hybridized carbons (Fsp3) is 0.375. The van der Waals surface area contributed by atoms with Gasteiger partial charge in [0.25, 0.3) is 0 Å². The number of carbonyl (C=O) groups excluding carboxylic acids is 3. The summed E-state index contributed by atoms with van der Waals surface area (Å²) >= 11 is 0. The number of carboxylic acid groups (broad SMARTS) is 1. The van der Waals surface area contributed by atoms with E-state index in [9.17, 15) is 24.3 Å². The van der Waals surface area contributed by atoms with Crippen molar-refractivity contribution in [2.24, 2.45) is 11.7 Å². The van der Waals surface area contributed by atoms with E-state index >= 15 is 0 Å². The Morgan fingerprint density at radius 3 is 2.46 bits per heavy atom. The molecule has 2 aliphatic rings. The molecule has 1 aromatic rings. The molecule has 0 bridgehead atoms. The van der Waals surface area contributed by atoms with E-state index in [2.05, 4.69) is 5.32 Å². The van der Waals surface area contributed by atoms with E-state index in [0.717, 1.165) is 4.90 Å². The number of nitrogens with zero attached hydrogens (tertiary/aromatic N) is 1. The number of hydrogen-bond donors (Lipinski definition) is 3. The number of benzene rings is 1. The number of Topliss-reactive ketones (excluding diaryl/α,β-unsaturated/α-hetero) is 1. The molecule has 0 saturated carbocycles. The molecule has 2 fully saturated rings. The minimum absolute atomic E-state index is 0.361. The smallest absolute Gasteiger partial charge is 0.327 e. The molecular weight excluding hydrogens is 314 g/mol. The molecule has 24 heavy (non-hydrogen) atoms. The Morgan fingerprint density at radius 1 is 1.25 bits per heavy atom. The van der Waals surface area contributed by atoms with E-state index in [0.29, 0.717) is 5.56 Å². The molecule has 2 heterocycles. The van der Waals surface area contributed by atoms with Gasteiger partial charge in [0.1, 0.15) is 24.2 Å². The Morgan fingerprint density at radius 2 is 1.88 bits per heavy atom. The van der Waals surface area contributed by atoms with Crippen molar-refractivity contribution in [3.05, 3.63) is 35.9 Å². The number of amides is 2. The molecule has 0 spiro atoms. The summed E-state index contributed by atoms with van der Waals surface area (Å²) in [6.45, 7) is 1.47. The molecule has 1 aromatic carbocycles. The van der Waals surface area contributed by atoms with Crippen molar-refractivity contribution in [1.82, 2.24) is 10.2 Å². The van der Waals surface area contributed by atoms with Gasteiger partial charge in [-0.3, -0.25) is 14.4 Å². The van der Waals surface area contributed by atoms with Crippen LogP contribution in [0.5, 0.6) is 0 Å². The largest absolute Gasteiger partial charge is 0.480 e. The average molecular weight is 331 g/mol. The number of β-lactam (4-membered cyclic amide) rings is 1. The molecule has 2 amide bonds. The summed E-state index contributed by atoms with van der Waals surface area (Å²) in [6, 6.07) is 4.49. The van der Waals surface area contributed by atoms with Gasteiger partial charge in [-0.2, -0.15) is 0 Å². The molecule has 4 unspecified atom stereocenters. The van der Waals surface area contributed by atoms with Crippen molar-refractivity contribution >= 4 is 23.6 Å². The number of ketones is 1. The topological polar surface area (TPSA) is 130 Å². The van der Waals surface area contributed by atoms with Gasteiger partial charge in [-0.05, 0) is 5.56 Å². The number of nitrogens with two attached hydrogens (primary N) is 1. The highest BCUT2D eigenvalue weighted by Crippen LogP contribution is 2.36. The molecular formula is C16H17N3O5. The first-order valence-electron chi connectivity index (χ1n) is 7.54. The van der Waals surface area contributed by atoms with Crippen LogP contribution in [0.3, 0.4) is 0 Å². The van der Waals surface area contributed by atoms with Crippen LogP contribution in [-0.4, -0.2) is 51.7 Å². The number of carboxylic acids is 1. The molecule has 2 aliphatic heterocycles. The predicted octanol–water partition coefficient (Wildman–Crippen LogP) is -0.946.